The van der Waals surface area contributed by atoms with Crippen LogP contribution in [-0.4, -0.2) is 26.2 Å². The number of carbonyl (C=O) groups is 1. The quantitative estimate of drug-likeness (QED) is 0.200. The highest BCUT2D eigenvalue weighted by Gasteiger charge is 2.48. The molecule has 0 saturated carbocycles. The first-order chi connectivity index (χ1) is 25.2. The monoisotopic (exact) mass is 656 g/mol. The Kier molecular flexibility index (Phi) is 6.55. The van der Waals surface area contributed by atoms with Crippen molar-refractivity contribution in [3.05, 3.63) is 231 Å². The van der Waals surface area contributed by atoms with Crippen LogP contribution in [0.3, 0.4) is 0 Å². The molecule has 51 heavy (non-hydrogen) atoms. The molecular formula is C46H32N4O. The standard InChI is InChI=1S/C46H32N4O/c51-42-28-46(34-19-11-4-12-20-34)40-26-25-39(49-40)45(32-17-9-3-10-18-32)38-24-23-37(48-38)44(31-15-7-2-8-16-31)36-22-21-35(47-36)43(30-13-5-1-6-14-30)33-27-41(46)50(42)29-33/h1-27,29,47,49H,28H2/b43-35-,44-36-,45-38-. The first-order valence-electron chi connectivity index (χ1n) is 17.3. The molecule has 0 saturated heterocycles. The third-order valence-corrected chi connectivity index (χ3v) is 10.5. The van der Waals surface area contributed by atoms with Crippen LogP contribution < -0.4 is 10.7 Å². The number of hydrogen-bond donors (Lipinski definition) is 2. The Hall–Kier alpha value is -6.72. The third-order valence-electron chi connectivity index (χ3n) is 10.5. The van der Waals surface area contributed by atoms with Gasteiger partial charge in [-0.3, -0.25) is 9.36 Å². The summed E-state index contributed by atoms with van der Waals surface area (Å²) in [6.07, 6.45) is 6.58. The van der Waals surface area contributed by atoms with Crippen LogP contribution in [0.4, 0.5) is 0 Å². The van der Waals surface area contributed by atoms with Crippen LogP contribution in [0.15, 0.2) is 181 Å². The number of carbonyl (C=O) groups excluding carboxylic acids is 1. The van der Waals surface area contributed by atoms with Crippen molar-refractivity contribution in [2.45, 2.75) is 11.8 Å². The van der Waals surface area contributed by atoms with Gasteiger partial charge in [0.2, 0.25) is 5.91 Å². The highest BCUT2D eigenvalue weighted by atomic mass is 16.2. The Bertz CT molecular complexity index is 2710. The predicted octanol–water partition coefficient (Wildman–Crippen LogP) is 7.75. The number of nitrogens with zero attached hydrogens (tertiary/aromatic N) is 2. The van der Waals surface area contributed by atoms with Crippen molar-refractivity contribution < 1.29 is 4.79 Å². The lowest BCUT2D eigenvalue weighted by Gasteiger charge is -2.28. The van der Waals surface area contributed by atoms with Gasteiger partial charge in [-0.05, 0) is 64.7 Å². The number of H-pyrrole nitrogens is 2. The van der Waals surface area contributed by atoms with E-state index in [4.69, 9.17) is 4.99 Å². The normalized spacial score (nSPS) is 21.3. The van der Waals surface area contributed by atoms with Crippen LogP contribution in [0.2, 0.25) is 0 Å². The summed E-state index contributed by atoms with van der Waals surface area (Å²) in [6.45, 7) is 0. The summed E-state index contributed by atoms with van der Waals surface area (Å²) in [6, 6.07) is 52.5. The van der Waals surface area contributed by atoms with E-state index >= 15 is 0 Å². The molecule has 0 spiro atoms. The van der Waals surface area contributed by atoms with Crippen molar-refractivity contribution in [2.24, 2.45) is 4.99 Å². The van der Waals surface area contributed by atoms with Gasteiger partial charge in [-0.25, -0.2) is 4.99 Å². The molecule has 4 aromatic carbocycles. The summed E-state index contributed by atoms with van der Waals surface area (Å²) in [7, 11) is 0. The molecule has 5 nitrogen and oxygen atoms in total. The summed E-state index contributed by atoms with van der Waals surface area (Å²) in [5.41, 5.74) is 12.2. The molecule has 10 rings (SSSR count). The lowest BCUT2D eigenvalue weighted by molar-refractivity contribution is 0.0916. The van der Waals surface area contributed by atoms with Crippen LogP contribution in [0.5, 0.6) is 0 Å². The van der Waals surface area contributed by atoms with Gasteiger partial charge < -0.3 is 9.97 Å². The molecule has 0 fully saturated rings. The molecular weight excluding hydrogens is 625 g/mol. The molecule has 3 aliphatic heterocycles. The minimum absolute atomic E-state index is 0.0614. The Balaban J connectivity index is 1.37. The summed E-state index contributed by atoms with van der Waals surface area (Å²) in [5.74, 6) is 0.0614. The van der Waals surface area contributed by atoms with Gasteiger partial charge in [-0.2, -0.15) is 0 Å². The molecule has 3 aromatic heterocycles. The van der Waals surface area contributed by atoms with E-state index < -0.39 is 5.41 Å². The van der Waals surface area contributed by atoms with Crippen molar-refractivity contribution in [1.29, 1.82) is 0 Å². The first-order valence-corrected chi connectivity index (χ1v) is 17.3. The van der Waals surface area contributed by atoms with E-state index in [1.54, 1.807) is 0 Å². The van der Waals surface area contributed by atoms with E-state index in [1.165, 1.54) is 0 Å². The van der Waals surface area contributed by atoms with Crippen molar-refractivity contribution >= 4 is 28.3 Å². The lowest BCUT2D eigenvalue weighted by Crippen LogP contribution is -2.27. The SMILES string of the molecule is O=C1CC2(c3ccccc3)c3ccc([nH]3)/C(c3ccccc3)=C3/C=CC(=N3)/C(c3ccccc3)=c3/cc/c([nH]3)=C(\c3ccccc3)c3cc2n1c3. The van der Waals surface area contributed by atoms with Gasteiger partial charge in [0.05, 0.1) is 16.8 Å². The fourth-order valence-electron chi connectivity index (χ4n) is 8.19. The summed E-state index contributed by atoms with van der Waals surface area (Å²) >= 11 is 0. The van der Waals surface area contributed by atoms with Crippen LogP contribution >= 0.6 is 0 Å². The number of fused-ring (bicyclic) bond motifs is 7. The van der Waals surface area contributed by atoms with Crippen LogP contribution in [0.1, 0.15) is 56.1 Å². The van der Waals surface area contributed by atoms with Gasteiger partial charge >= 0.3 is 0 Å². The van der Waals surface area contributed by atoms with E-state index in [0.29, 0.717) is 6.42 Å². The summed E-state index contributed by atoms with van der Waals surface area (Å²) < 4.78 is 1.88. The largest absolute Gasteiger partial charge is 0.357 e. The average Bonchev–Trinajstić information content (AvgIpc) is 4.03. The topological polar surface area (TPSA) is 65.9 Å². The smallest absolute Gasteiger partial charge is 0.232 e. The molecule has 6 heterocycles. The molecule has 2 N–H and O–H groups in total. The maximum Gasteiger partial charge on any atom is 0.232 e. The van der Waals surface area contributed by atoms with Gasteiger partial charge in [0.1, 0.15) is 0 Å². The van der Waals surface area contributed by atoms with Crippen LogP contribution in [-0.2, 0) is 5.41 Å². The van der Waals surface area contributed by atoms with Crippen molar-refractivity contribution in [3.8, 4) is 0 Å². The number of aromatic amines is 2. The lowest BCUT2D eigenvalue weighted by atomic mass is 9.73. The first kappa shape index (κ1) is 29.2. The number of aliphatic imine (C=N–C) groups is 1. The van der Waals surface area contributed by atoms with E-state index in [-0.39, 0.29) is 5.91 Å². The Labute approximate surface area is 295 Å². The second-order valence-electron chi connectivity index (χ2n) is 13.3. The zero-order chi connectivity index (χ0) is 33.9. The molecule has 5 heteroatoms. The Morgan fingerprint density at radius 1 is 0.569 bits per heavy atom. The highest BCUT2D eigenvalue weighted by molar-refractivity contribution is 6.30. The van der Waals surface area contributed by atoms with Gasteiger partial charge in [-0.15, -0.1) is 0 Å². The van der Waals surface area contributed by atoms with Crippen LogP contribution in [0.25, 0.3) is 16.7 Å². The summed E-state index contributed by atoms with van der Waals surface area (Å²) in [5, 5.41) is 1.93. The van der Waals surface area contributed by atoms with E-state index in [2.05, 4.69) is 150 Å². The molecule has 0 aliphatic carbocycles. The second kappa shape index (κ2) is 11.4. The van der Waals surface area contributed by atoms with Gasteiger partial charge in [0.15, 0.2) is 0 Å². The number of allylic oxidation sites excluding steroid dienone is 2. The zero-order valence-corrected chi connectivity index (χ0v) is 27.7. The molecule has 1 unspecified atom stereocenters. The van der Waals surface area contributed by atoms with Crippen LogP contribution in [0, 0.1) is 0 Å². The minimum Gasteiger partial charge on any atom is -0.357 e. The maximum absolute atomic E-state index is 14.2. The van der Waals surface area contributed by atoms with Crippen molar-refractivity contribution in [2.75, 3.05) is 0 Å². The molecule has 0 radical (unpaired) electrons. The second-order valence-corrected chi connectivity index (χ2v) is 13.3. The molecule has 3 aliphatic rings. The maximum atomic E-state index is 14.2. The molecule has 1 atom stereocenters. The Morgan fingerprint density at radius 2 is 1.16 bits per heavy atom. The molecule has 242 valence electrons. The van der Waals surface area contributed by atoms with Gasteiger partial charge in [0, 0.05) is 62.7 Å². The number of aromatic nitrogens is 3. The average molecular weight is 657 g/mol. The fraction of sp³-hybridized carbons (Fsp3) is 0.0435. The number of nitrogens with one attached hydrogen (secondary N) is 2. The van der Waals surface area contributed by atoms with E-state index in [1.807, 2.05) is 35.0 Å². The van der Waals surface area contributed by atoms with E-state index in [0.717, 1.165) is 83.7 Å². The van der Waals surface area contributed by atoms with E-state index in [9.17, 15) is 4.79 Å². The minimum atomic E-state index is -0.727. The number of benzene rings is 4. The number of hydrogen-bond acceptors (Lipinski definition) is 2. The molecule has 7 aromatic rings. The van der Waals surface area contributed by atoms with Crippen molar-refractivity contribution in [1.82, 2.24) is 14.5 Å². The number of rotatable bonds is 4. The van der Waals surface area contributed by atoms with Gasteiger partial charge in [0.25, 0.3) is 0 Å². The predicted molar refractivity (Wildman–Crippen MR) is 203 cm³/mol. The summed E-state index contributed by atoms with van der Waals surface area (Å²) in [4.78, 5) is 27.3. The molecule has 0 amide bonds. The zero-order valence-electron chi connectivity index (χ0n) is 27.7. The third kappa shape index (κ3) is 4.55. The van der Waals surface area contributed by atoms with Gasteiger partial charge in [-0.1, -0.05) is 121 Å². The highest BCUT2D eigenvalue weighted by Crippen LogP contribution is 2.48. The Morgan fingerprint density at radius 3 is 1.82 bits per heavy atom. The molecule has 8 bridgehead atoms. The van der Waals surface area contributed by atoms with Crippen molar-refractivity contribution in [3.63, 3.8) is 0 Å². The fourth-order valence-corrected chi connectivity index (χ4v) is 8.19.